The quantitative estimate of drug-likeness (QED) is 0.734. The first-order valence-electron chi connectivity index (χ1n) is 4.91. The lowest BCUT2D eigenvalue weighted by Gasteiger charge is -2.15. The van der Waals surface area contributed by atoms with E-state index in [0.29, 0.717) is 12.4 Å². The summed E-state index contributed by atoms with van der Waals surface area (Å²) in [4.78, 5) is 4.71. The molecule has 1 aliphatic rings. The third kappa shape index (κ3) is 1.78. The van der Waals surface area contributed by atoms with Gasteiger partial charge in [-0.1, -0.05) is 6.07 Å². The van der Waals surface area contributed by atoms with Crippen molar-refractivity contribution in [2.45, 2.75) is 18.3 Å². The molecule has 4 nitrogen and oxygen atoms in total. The molecule has 1 aromatic rings. The highest BCUT2D eigenvalue weighted by Crippen LogP contribution is 2.49. The highest BCUT2D eigenvalue weighted by atomic mass is 16.6. The Bertz CT molecular complexity index is 361. The fourth-order valence-corrected chi connectivity index (χ4v) is 1.85. The second-order valence-electron chi connectivity index (χ2n) is 3.98. The first kappa shape index (κ1) is 10.3. The van der Waals surface area contributed by atoms with Crippen molar-refractivity contribution >= 4 is 0 Å². The lowest BCUT2D eigenvalue weighted by Crippen LogP contribution is -2.17. The van der Waals surface area contributed by atoms with Crippen LogP contribution in [0.15, 0.2) is 18.2 Å². The molecule has 1 aliphatic carbocycles. The minimum Gasteiger partial charge on any atom is -0.504 e. The number of phenolic OH excluding ortho intramolecular Hbond substituents is 1. The maximum absolute atomic E-state index is 9.65. The molecule has 1 fully saturated rings. The van der Waals surface area contributed by atoms with Gasteiger partial charge in [0, 0.05) is 5.41 Å². The van der Waals surface area contributed by atoms with Crippen molar-refractivity contribution in [1.29, 1.82) is 0 Å². The van der Waals surface area contributed by atoms with Crippen LogP contribution in [0.2, 0.25) is 0 Å². The van der Waals surface area contributed by atoms with Gasteiger partial charge in [0.05, 0.1) is 13.7 Å². The number of aromatic hydroxyl groups is 1. The third-order valence-corrected chi connectivity index (χ3v) is 3.00. The molecule has 0 heterocycles. The van der Waals surface area contributed by atoms with Gasteiger partial charge in [0.2, 0.25) is 0 Å². The second-order valence-corrected chi connectivity index (χ2v) is 3.98. The lowest BCUT2D eigenvalue weighted by atomic mass is 9.96. The van der Waals surface area contributed by atoms with Gasteiger partial charge in [-0.05, 0) is 30.5 Å². The molecule has 3 N–H and O–H groups in total. The molecule has 1 saturated carbocycles. The van der Waals surface area contributed by atoms with E-state index in [2.05, 4.69) is 0 Å². The van der Waals surface area contributed by atoms with Gasteiger partial charge in [0.1, 0.15) is 0 Å². The number of rotatable bonds is 4. The number of phenols is 1. The number of nitrogens with two attached hydrogens (primary N) is 1. The maximum Gasteiger partial charge on any atom is 0.160 e. The van der Waals surface area contributed by atoms with Gasteiger partial charge in [-0.15, -0.1) is 0 Å². The van der Waals surface area contributed by atoms with Gasteiger partial charge in [0.15, 0.2) is 11.5 Å². The summed E-state index contributed by atoms with van der Waals surface area (Å²) < 4.78 is 4.99. The maximum atomic E-state index is 9.65. The van der Waals surface area contributed by atoms with Crippen molar-refractivity contribution < 1.29 is 14.7 Å². The van der Waals surface area contributed by atoms with Crippen LogP contribution in [0.4, 0.5) is 0 Å². The predicted molar refractivity (Wildman–Crippen MR) is 55.7 cm³/mol. The number of benzene rings is 1. The second kappa shape index (κ2) is 3.72. The van der Waals surface area contributed by atoms with E-state index in [9.17, 15) is 5.11 Å². The molecule has 15 heavy (non-hydrogen) atoms. The van der Waals surface area contributed by atoms with E-state index in [1.807, 2.05) is 6.07 Å². The van der Waals surface area contributed by atoms with Crippen molar-refractivity contribution in [3.05, 3.63) is 23.8 Å². The molecule has 0 spiro atoms. The minimum absolute atomic E-state index is 0.0124. The van der Waals surface area contributed by atoms with Crippen LogP contribution in [0.3, 0.4) is 0 Å². The zero-order valence-electron chi connectivity index (χ0n) is 8.69. The average molecular weight is 209 g/mol. The van der Waals surface area contributed by atoms with Crippen molar-refractivity contribution in [2.24, 2.45) is 5.90 Å². The van der Waals surface area contributed by atoms with E-state index < -0.39 is 0 Å². The van der Waals surface area contributed by atoms with Gasteiger partial charge in [-0.25, -0.2) is 5.90 Å². The summed E-state index contributed by atoms with van der Waals surface area (Å²) in [5.41, 5.74) is 1.07. The van der Waals surface area contributed by atoms with Crippen molar-refractivity contribution in [1.82, 2.24) is 0 Å². The summed E-state index contributed by atoms with van der Waals surface area (Å²) in [5.74, 6) is 5.75. The molecule has 2 rings (SSSR count). The van der Waals surface area contributed by atoms with Crippen LogP contribution in [0.25, 0.3) is 0 Å². The monoisotopic (exact) mass is 209 g/mol. The summed E-state index contributed by atoms with van der Waals surface area (Å²) in [6.07, 6.45) is 2.10. The van der Waals surface area contributed by atoms with E-state index in [4.69, 9.17) is 15.5 Å². The molecule has 0 aromatic heterocycles. The van der Waals surface area contributed by atoms with Gasteiger partial charge < -0.3 is 14.7 Å². The first-order chi connectivity index (χ1) is 7.22. The van der Waals surface area contributed by atoms with Crippen LogP contribution in [0.1, 0.15) is 18.4 Å². The van der Waals surface area contributed by atoms with Gasteiger partial charge in [-0.2, -0.15) is 0 Å². The molecule has 0 aliphatic heterocycles. The standard InChI is InChI=1S/C11H15NO3/c1-14-10-3-2-8(6-9(10)13)11(4-5-11)7-15-12/h2-3,6,13H,4-5,7,12H2,1H3. The Morgan fingerprint density at radius 3 is 2.67 bits per heavy atom. The molecular weight excluding hydrogens is 194 g/mol. The Morgan fingerprint density at radius 2 is 2.20 bits per heavy atom. The van der Waals surface area contributed by atoms with E-state index in [1.165, 1.54) is 7.11 Å². The third-order valence-electron chi connectivity index (χ3n) is 3.00. The Balaban J connectivity index is 2.26. The summed E-state index contributed by atoms with van der Waals surface area (Å²) in [6.45, 7) is 0.499. The molecule has 0 radical (unpaired) electrons. The summed E-state index contributed by atoms with van der Waals surface area (Å²) in [6, 6.07) is 5.44. The molecule has 0 atom stereocenters. The summed E-state index contributed by atoms with van der Waals surface area (Å²) >= 11 is 0. The van der Waals surface area contributed by atoms with Gasteiger partial charge >= 0.3 is 0 Å². The average Bonchev–Trinajstić information content (AvgIpc) is 2.99. The summed E-state index contributed by atoms with van der Waals surface area (Å²) in [7, 11) is 1.53. The number of hydrogen-bond donors (Lipinski definition) is 2. The highest BCUT2D eigenvalue weighted by Gasteiger charge is 2.44. The predicted octanol–water partition coefficient (Wildman–Crippen LogP) is 1.32. The Labute approximate surface area is 88.6 Å². The van der Waals surface area contributed by atoms with E-state index >= 15 is 0 Å². The highest BCUT2D eigenvalue weighted by molar-refractivity contribution is 5.45. The largest absolute Gasteiger partial charge is 0.504 e. The molecule has 4 heteroatoms. The van der Waals surface area contributed by atoms with Crippen LogP contribution in [0.5, 0.6) is 11.5 Å². The summed E-state index contributed by atoms with van der Waals surface area (Å²) in [5, 5.41) is 9.65. The zero-order chi connectivity index (χ0) is 10.9. The molecule has 0 unspecified atom stereocenters. The molecule has 0 amide bonds. The Kier molecular flexibility index (Phi) is 2.54. The molecule has 82 valence electrons. The Morgan fingerprint density at radius 1 is 1.47 bits per heavy atom. The van der Waals surface area contributed by atoms with Crippen LogP contribution in [-0.2, 0) is 10.3 Å². The van der Waals surface area contributed by atoms with Crippen molar-refractivity contribution in [3.63, 3.8) is 0 Å². The number of hydrogen-bond acceptors (Lipinski definition) is 4. The molecule has 0 saturated heterocycles. The van der Waals surface area contributed by atoms with Crippen LogP contribution in [0, 0.1) is 0 Å². The minimum atomic E-state index is 0.0124. The van der Waals surface area contributed by atoms with E-state index in [1.54, 1.807) is 12.1 Å². The Hall–Kier alpha value is -1.26. The van der Waals surface area contributed by atoms with Crippen LogP contribution in [-0.4, -0.2) is 18.8 Å². The lowest BCUT2D eigenvalue weighted by molar-refractivity contribution is 0.116. The van der Waals surface area contributed by atoms with Crippen LogP contribution < -0.4 is 10.6 Å². The number of ether oxygens (including phenoxy) is 1. The fourth-order valence-electron chi connectivity index (χ4n) is 1.85. The van der Waals surface area contributed by atoms with Gasteiger partial charge in [0.25, 0.3) is 0 Å². The molecular formula is C11H15NO3. The van der Waals surface area contributed by atoms with E-state index in [0.717, 1.165) is 18.4 Å². The smallest absolute Gasteiger partial charge is 0.160 e. The molecule has 1 aromatic carbocycles. The fraction of sp³-hybridized carbons (Fsp3) is 0.455. The van der Waals surface area contributed by atoms with E-state index in [-0.39, 0.29) is 11.2 Å². The van der Waals surface area contributed by atoms with Crippen LogP contribution >= 0.6 is 0 Å². The van der Waals surface area contributed by atoms with Crippen molar-refractivity contribution in [2.75, 3.05) is 13.7 Å². The SMILES string of the molecule is COc1ccc(C2(CON)CC2)cc1O. The van der Waals surface area contributed by atoms with Gasteiger partial charge in [-0.3, -0.25) is 0 Å². The number of methoxy groups -OCH3 is 1. The normalized spacial score (nSPS) is 17.5. The van der Waals surface area contributed by atoms with Crippen molar-refractivity contribution in [3.8, 4) is 11.5 Å². The first-order valence-corrected chi connectivity index (χ1v) is 4.91. The zero-order valence-corrected chi connectivity index (χ0v) is 8.69. The molecule has 0 bridgehead atoms. The topological polar surface area (TPSA) is 64.7 Å².